The van der Waals surface area contributed by atoms with Crippen molar-refractivity contribution in [2.24, 2.45) is 0 Å². The van der Waals surface area contributed by atoms with Crippen molar-refractivity contribution < 1.29 is 22.7 Å². The molecule has 9 heteroatoms. The normalized spacial score (nSPS) is 20.7. The maximum atomic E-state index is 13.3. The van der Waals surface area contributed by atoms with Crippen molar-refractivity contribution >= 4 is 6.09 Å². The van der Waals surface area contributed by atoms with Gasteiger partial charge in [-0.05, 0) is 11.1 Å². The molecule has 3 N–H and O–H groups in total. The van der Waals surface area contributed by atoms with Gasteiger partial charge in [-0.15, -0.1) is 5.53 Å². The van der Waals surface area contributed by atoms with Crippen molar-refractivity contribution in [3.63, 3.8) is 0 Å². The van der Waals surface area contributed by atoms with Crippen LogP contribution in [0.3, 0.4) is 0 Å². The van der Waals surface area contributed by atoms with E-state index in [2.05, 4.69) is 16.4 Å². The Morgan fingerprint density at radius 3 is 2.27 bits per heavy atom. The highest BCUT2D eigenvalue weighted by Crippen LogP contribution is 2.31. The molecule has 1 saturated heterocycles. The van der Waals surface area contributed by atoms with Crippen molar-refractivity contribution in [3.05, 3.63) is 71.8 Å². The van der Waals surface area contributed by atoms with Crippen LogP contribution in [0.5, 0.6) is 0 Å². The number of amides is 1. The minimum atomic E-state index is -4.53. The first-order valence-corrected chi connectivity index (χ1v) is 7.85. The molecule has 26 heavy (non-hydrogen) atoms. The van der Waals surface area contributed by atoms with E-state index < -0.39 is 24.4 Å². The van der Waals surface area contributed by atoms with Crippen LogP contribution < -0.4 is 16.4 Å². The van der Waals surface area contributed by atoms with Gasteiger partial charge >= 0.3 is 12.3 Å². The smallest absolute Gasteiger partial charge is 0.440 e. The number of ether oxygens (including phenoxy) is 1. The lowest BCUT2D eigenvalue weighted by molar-refractivity contribution is -0.187. The summed E-state index contributed by atoms with van der Waals surface area (Å²) in [5.74, 6) is 0. The van der Waals surface area contributed by atoms with E-state index in [-0.39, 0.29) is 6.61 Å². The van der Waals surface area contributed by atoms with Gasteiger partial charge < -0.3 is 4.74 Å². The van der Waals surface area contributed by atoms with Gasteiger partial charge in [0.15, 0.2) is 0 Å². The molecular formula is C17H17F3N4O2. The Labute approximate surface area is 147 Å². The molecule has 0 bridgehead atoms. The third-order valence-electron chi connectivity index (χ3n) is 3.83. The second-order valence-corrected chi connectivity index (χ2v) is 5.67. The molecule has 138 valence electrons. The molecule has 2 unspecified atom stereocenters. The van der Waals surface area contributed by atoms with Gasteiger partial charge in [0, 0.05) is 0 Å². The predicted octanol–water partition coefficient (Wildman–Crippen LogP) is 2.82. The number of nitrogens with zero attached hydrogens (tertiary/aromatic N) is 1. The Morgan fingerprint density at radius 2 is 1.65 bits per heavy atom. The maximum absolute atomic E-state index is 13.3. The van der Waals surface area contributed by atoms with Crippen molar-refractivity contribution in [1.82, 2.24) is 21.5 Å². The number of hydrogen-bond donors (Lipinski definition) is 3. The molecule has 0 radical (unpaired) electrons. The van der Waals surface area contributed by atoms with Crippen molar-refractivity contribution in [1.29, 1.82) is 0 Å². The van der Waals surface area contributed by atoms with Crippen molar-refractivity contribution in [2.75, 3.05) is 0 Å². The van der Waals surface area contributed by atoms with Crippen LogP contribution in [-0.4, -0.2) is 23.4 Å². The number of hydrazine groups is 3. The quantitative estimate of drug-likeness (QED) is 0.780. The monoisotopic (exact) mass is 366 g/mol. The fourth-order valence-corrected chi connectivity index (χ4v) is 2.54. The third kappa shape index (κ3) is 4.31. The van der Waals surface area contributed by atoms with Crippen molar-refractivity contribution in [3.8, 4) is 0 Å². The first kappa shape index (κ1) is 18.2. The van der Waals surface area contributed by atoms with E-state index in [1.165, 1.54) is 0 Å². The van der Waals surface area contributed by atoms with E-state index in [4.69, 9.17) is 4.74 Å². The molecule has 1 fully saturated rings. The standard InChI is InChI=1S/C17H17F3N4O2/c18-17(19,20)15-14(13-9-5-2-6-10-13)22-24(23-21-15)16(25)26-11-12-7-3-1-4-8-12/h1-10,14-15,21-23H,11H2. The second kappa shape index (κ2) is 7.73. The number of carbonyl (C=O) groups is 1. The molecule has 1 amide bonds. The molecule has 0 saturated carbocycles. The average molecular weight is 366 g/mol. The Kier molecular flexibility index (Phi) is 5.40. The number of carbonyl (C=O) groups excluding carboxylic acids is 1. The summed E-state index contributed by atoms with van der Waals surface area (Å²) in [6.45, 7) is -0.00175. The molecular weight excluding hydrogens is 349 g/mol. The van der Waals surface area contributed by atoms with E-state index in [0.717, 1.165) is 10.7 Å². The summed E-state index contributed by atoms with van der Waals surface area (Å²) in [6, 6.07) is 13.9. The van der Waals surface area contributed by atoms with Crippen LogP contribution in [0.1, 0.15) is 17.2 Å². The molecule has 3 rings (SSSR count). The molecule has 2 atom stereocenters. The third-order valence-corrected chi connectivity index (χ3v) is 3.83. The van der Waals surface area contributed by atoms with E-state index in [0.29, 0.717) is 5.56 Å². The van der Waals surface area contributed by atoms with E-state index in [1.54, 1.807) is 54.6 Å². The number of rotatable bonds is 3. The fourth-order valence-electron chi connectivity index (χ4n) is 2.54. The largest absolute Gasteiger partial charge is 0.443 e. The van der Waals surface area contributed by atoms with Crippen LogP contribution >= 0.6 is 0 Å². The van der Waals surface area contributed by atoms with Crippen LogP contribution in [0.25, 0.3) is 0 Å². The summed E-state index contributed by atoms with van der Waals surface area (Å²) < 4.78 is 45.0. The lowest BCUT2D eigenvalue weighted by Crippen LogP contribution is -2.71. The zero-order valence-electron chi connectivity index (χ0n) is 13.5. The Balaban J connectivity index is 1.69. The molecule has 0 spiro atoms. The average Bonchev–Trinajstić information content (AvgIpc) is 2.66. The van der Waals surface area contributed by atoms with Gasteiger partial charge in [-0.25, -0.2) is 15.6 Å². The number of hydrogen-bond acceptors (Lipinski definition) is 5. The summed E-state index contributed by atoms with van der Waals surface area (Å²) in [6.07, 6.45) is -5.39. The van der Waals surface area contributed by atoms with Crippen LogP contribution in [0.2, 0.25) is 0 Å². The first-order chi connectivity index (χ1) is 12.4. The van der Waals surface area contributed by atoms with E-state index in [9.17, 15) is 18.0 Å². The number of benzene rings is 2. The number of halogens is 3. The molecule has 2 aromatic rings. The summed E-state index contributed by atoms with van der Waals surface area (Å²) in [7, 11) is 0. The van der Waals surface area contributed by atoms with Gasteiger partial charge in [0.25, 0.3) is 0 Å². The molecule has 6 nitrogen and oxygen atoms in total. The SMILES string of the molecule is O=C(OCc1ccccc1)N1NNC(C(F)(F)F)C(c2ccccc2)N1. The zero-order chi connectivity index (χ0) is 18.6. The Hall–Kier alpha value is -2.62. The molecule has 2 aromatic carbocycles. The highest BCUT2D eigenvalue weighted by molar-refractivity contribution is 5.66. The highest BCUT2D eigenvalue weighted by Gasteiger charge is 2.48. The van der Waals surface area contributed by atoms with Crippen LogP contribution in [0.4, 0.5) is 18.0 Å². The molecule has 0 aliphatic carbocycles. The van der Waals surface area contributed by atoms with E-state index in [1.807, 2.05) is 6.07 Å². The lowest BCUT2D eigenvalue weighted by atomic mass is 9.99. The van der Waals surface area contributed by atoms with Crippen molar-refractivity contribution in [2.45, 2.75) is 24.9 Å². The van der Waals surface area contributed by atoms with Gasteiger partial charge in [-0.3, -0.25) is 0 Å². The fraction of sp³-hybridized carbons (Fsp3) is 0.235. The summed E-state index contributed by atoms with van der Waals surface area (Å²) in [5, 5.41) is 0.767. The van der Waals surface area contributed by atoms with Crippen LogP contribution in [0, 0.1) is 0 Å². The van der Waals surface area contributed by atoms with Gasteiger partial charge in [0.05, 0.1) is 6.04 Å². The minimum absolute atomic E-state index is 0.00175. The number of alkyl halides is 3. The lowest BCUT2D eigenvalue weighted by Gasteiger charge is -2.40. The topological polar surface area (TPSA) is 65.6 Å². The summed E-state index contributed by atoms with van der Waals surface area (Å²) in [4.78, 5) is 12.2. The van der Waals surface area contributed by atoms with Crippen LogP contribution in [-0.2, 0) is 11.3 Å². The second-order valence-electron chi connectivity index (χ2n) is 5.67. The zero-order valence-corrected chi connectivity index (χ0v) is 13.5. The van der Waals surface area contributed by atoms with Gasteiger partial charge in [0.1, 0.15) is 12.6 Å². The molecule has 0 aromatic heterocycles. The Bertz CT molecular complexity index is 728. The van der Waals surface area contributed by atoms with Gasteiger partial charge in [0.2, 0.25) is 0 Å². The van der Waals surface area contributed by atoms with Crippen LogP contribution in [0.15, 0.2) is 60.7 Å². The van der Waals surface area contributed by atoms with Gasteiger partial charge in [-0.1, -0.05) is 60.7 Å². The van der Waals surface area contributed by atoms with Gasteiger partial charge in [-0.2, -0.15) is 18.3 Å². The first-order valence-electron chi connectivity index (χ1n) is 7.85. The Morgan fingerprint density at radius 1 is 1.04 bits per heavy atom. The maximum Gasteiger partial charge on any atom is 0.440 e. The molecule has 1 aliphatic rings. The molecule has 1 aliphatic heterocycles. The highest BCUT2D eigenvalue weighted by atomic mass is 19.4. The van der Waals surface area contributed by atoms with E-state index >= 15 is 0 Å². The summed E-state index contributed by atoms with van der Waals surface area (Å²) in [5.41, 5.74) is 7.98. The molecule has 1 heterocycles. The number of nitrogens with one attached hydrogen (secondary N) is 3. The summed E-state index contributed by atoms with van der Waals surface area (Å²) >= 11 is 0. The minimum Gasteiger partial charge on any atom is -0.443 e. The predicted molar refractivity (Wildman–Crippen MR) is 86.9 cm³/mol.